The molecular weight excluding hydrogens is 1180 g/mol. The summed E-state index contributed by atoms with van der Waals surface area (Å²) in [5.41, 5.74) is 0. The van der Waals surface area contributed by atoms with Gasteiger partial charge in [-0.2, -0.15) is 0 Å². The van der Waals surface area contributed by atoms with E-state index < -0.39 is 26.5 Å². The topological polar surface area (TPSA) is 108 Å². The minimum atomic E-state index is -4.40. The summed E-state index contributed by atoms with van der Waals surface area (Å²) in [5.74, 6) is -0.784. The number of rotatable bonds is 72. The maximum atomic E-state index is 12.9. The lowest BCUT2D eigenvalue weighted by Crippen LogP contribution is -2.37. The predicted molar refractivity (Wildman–Crippen MR) is 408 cm³/mol. The lowest BCUT2D eigenvalue weighted by molar-refractivity contribution is -0.870. The monoisotopic (exact) mass is 1330 g/mol. The number of quaternary nitrogens is 1. The molecule has 0 aromatic rings. The number of phosphoric acid groups is 1. The van der Waals surface area contributed by atoms with Crippen LogP contribution in [0, 0.1) is 0 Å². The standard InChI is InChI=1S/C84H148NO8P/c1-6-8-10-12-14-16-18-20-22-24-26-28-30-32-34-36-38-40-41-42-43-45-47-49-51-53-55-57-59-61-63-65-67-69-71-73-75-77-84(87)93-82(81-92-94(88,89)91-79-78-85(3,4)5)80-90-83(86)76-74-72-70-68-66-64-62-60-58-56-54-52-50-48-46-44-39-37-35-33-31-29-27-25-23-21-19-17-15-13-11-9-7-2/h8-11,14-17,20-23,26-29,32-35,82H,6-7,12-13,18-19,24-25,30-31,36-81H2,1-5H3/p+1/b10-8-,11-9-,16-14-,17-15-,22-20-,23-21-,28-26-,29-27-,34-32-,35-33-. The maximum absolute atomic E-state index is 12.9. The highest BCUT2D eigenvalue weighted by molar-refractivity contribution is 7.47. The molecule has 0 aliphatic carbocycles. The molecule has 94 heavy (non-hydrogen) atoms. The van der Waals surface area contributed by atoms with Gasteiger partial charge >= 0.3 is 19.8 Å². The summed E-state index contributed by atoms with van der Waals surface area (Å²) in [6.45, 7) is 4.25. The molecule has 0 bridgehead atoms. The number of carbonyl (C=O) groups is 2. The molecule has 542 valence electrons. The average Bonchev–Trinajstić information content (AvgIpc) is 1.56. The van der Waals surface area contributed by atoms with Crippen molar-refractivity contribution in [1.29, 1.82) is 0 Å². The third-order valence-electron chi connectivity index (χ3n) is 17.0. The third-order valence-corrected chi connectivity index (χ3v) is 18.0. The second-order valence-corrected chi connectivity index (χ2v) is 28.8. The lowest BCUT2D eigenvalue weighted by atomic mass is 10.0. The molecule has 10 heteroatoms. The van der Waals surface area contributed by atoms with Gasteiger partial charge in [0.25, 0.3) is 0 Å². The Kier molecular flexibility index (Phi) is 70.8. The number of carbonyl (C=O) groups excluding carboxylic acids is 2. The Labute approximate surface area is 581 Å². The molecule has 0 spiro atoms. The quantitative estimate of drug-likeness (QED) is 0.0211. The number of nitrogens with zero attached hydrogens (tertiary/aromatic N) is 1. The summed E-state index contributed by atoms with van der Waals surface area (Å²) in [5, 5.41) is 0. The van der Waals surface area contributed by atoms with Crippen LogP contribution in [0.3, 0.4) is 0 Å². The van der Waals surface area contributed by atoms with E-state index in [1.165, 1.54) is 218 Å². The van der Waals surface area contributed by atoms with E-state index in [0.717, 1.165) is 96.3 Å². The van der Waals surface area contributed by atoms with Crippen LogP contribution in [0.15, 0.2) is 122 Å². The first-order chi connectivity index (χ1) is 46.0. The van der Waals surface area contributed by atoms with Crippen LogP contribution >= 0.6 is 7.82 Å². The van der Waals surface area contributed by atoms with Gasteiger partial charge in [0.05, 0.1) is 27.7 Å². The SMILES string of the molecule is CC/C=C\C/C=C\C/C=C\C/C=C\C/C=C\CCCCCCCCCCCCCCCCCCCCCCCC(=O)OC(COC(=O)CCCCCCCCCCCCCCCCCCC/C=C\C/C=C\C/C=C\C/C=C\C/C=C\CC)COP(=O)(O)OCC[N+](C)(C)C. The molecule has 1 N–H and O–H groups in total. The van der Waals surface area contributed by atoms with Crippen molar-refractivity contribution in [3.8, 4) is 0 Å². The van der Waals surface area contributed by atoms with Crippen molar-refractivity contribution >= 4 is 19.8 Å². The molecule has 2 atom stereocenters. The van der Waals surface area contributed by atoms with E-state index in [1.807, 2.05) is 21.1 Å². The van der Waals surface area contributed by atoms with Gasteiger partial charge in [0.1, 0.15) is 19.8 Å². The Balaban J connectivity index is 3.96. The highest BCUT2D eigenvalue weighted by Crippen LogP contribution is 2.43. The van der Waals surface area contributed by atoms with Crippen molar-refractivity contribution in [2.75, 3.05) is 47.5 Å². The second kappa shape index (κ2) is 73.7. The number of unbranched alkanes of at least 4 members (excludes halogenated alkanes) is 38. The van der Waals surface area contributed by atoms with E-state index >= 15 is 0 Å². The minimum Gasteiger partial charge on any atom is -0.462 e. The Bertz CT molecular complexity index is 2010. The van der Waals surface area contributed by atoms with Crippen LogP contribution < -0.4 is 0 Å². The third kappa shape index (κ3) is 77.4. The summed E-state index contributed by atoms with van der Waals surface area (Å²) in [4.78, 5) is 36.0. The van der Waals surface area contributed by atoms with Crippen LogP contribution in [0.4, 0.5) is 0 Å². The van der Waals surface area contributed by atoms with Crippen molar-refractivity contribution in [1.82, 2.24) is 0 Å². The van der Waals surface area contributed by atoms with E-state index in [2.05, 4.69) is 135 Å². The van der Waals surface area contributed by atoms with Crippen LogP contribution in [-0.2, 0) is 32.7 Å². The largest absolute Gasteiger partial charge is 0.472 e. The van der Waals surface area contributed by atoms with Crippen molar-refractivity contribution in [2.24, 2.45) is 0 Å². The van der Waals surface area contributed by atoms with Crippen molar-refractivity contribution in [2.45, 2.75) is 354 Å². The highest BCUT2D eigenvalue weighted by atomic mass is 31.2. The number of phosphoric ester groups is 1. The van der Waals surface area contributed by atoms with Crippen molar-refractivity contribution in [3.05, 3.63) is 122 Å². The molecule has 0 aliphatic heterocycles. The van der Waals surface area contributed by atoms with Crippen LogP contribution in [0.5, 0.6) is 0 Å². The predicted octanol–water partition coefficient (Wildman–Crippen LogP) is 26.2. The van der Waals surface area contributed by atoms with Crippen LogP contribution in [-0.4, -0.2) is 74.9 Å². The van der Waals surface area contributed by atoms with Gasteiger partial charge in [-0.1, -0.05) is 354 Å². The van der Waals surface area contributed by atoms with Gasteiger partial charge in [-0.05, 0) is 103 Å². The maximum Gasteiger partial charge on any atom is 0.472 e. The molecule has 0 saturated carbocycles. The van der Waals surface area contributed by atoms with Crippen molar-refractivity contribution in [3.63, 3.8) is 0 Å². The zero-order valence-corrected chi connectivity index (χ0v) is 62.8. The smallest absolute Gasteiger partial charge is 0.462 e. The van der Waals surface area contributed by atoms with E-state index in [0.29, 0.717) is 17.4 Å². The van der Waals surface area contributed by atoms with Gasteiger partial charge in [-0.15, -0.1) is 0 Å². The fraction of sp³-hybridized carbons (Fsp3) is 0.738. The molecule has 0 heterocycles. The van der Waals surface area contributed by atoms with Crippen LogP contribution in [0.25, 0.3) is 0 Å². The van der Waals surface area contributed by atoms with Gasteiger partial charge < -0.3 is 18.9 Å². The van der Waals surface area contributed by atoms with E-state index in [4.69, 9.17) is 18.5 Å². The van der Waals surface area contributed by atoms with Gasteiger partial charge in [0.2, 0.25) is 0 Å². The highest BCUT2D eigenvalue weighted by Gasteiger charge is 2.27. The number of allylic oxidation sites excluding steroid dienone is 20. The van der Waals surface area contributed by atoms with Gasteiger partial charge in [-0.25, -0.2) is 4.57 Å². The van der Waals surface area contributed by atoms with E-state index in [9.17, 15) is 19.0 Å². The van der Waals surface area contributed by atoms with Crippen LogP contribution in [0.1, 0.15) is 348 Å². The number of esters is 2. The summed E-state index contributed by atoms with van der Waals surface area (Å²) in [6, 6.07) is 0. The number of ether oxygens (including phenoxy) is 2. The summed E-state index contributed by atoms with van der Waals surface area (Å²) < 4.78 is 34.8. The summed E-state index contributed by atoms with van der Waals surface area (Å²) >= 11 is 0. The Hall–Kier alpha value is -3.59. The number of hydrogen-bond acceptors (Lipinski definition) is 7. The van der Waals surface area contributed by atoms with Gasteiger partial charge in [0, 0.05) is 12.8 Å². The van der Waals surface area contributed by atoms with E-state index in [1.54, 1.807) is 0 Å². The molecule has 0 aromatic carbocycles. The van der Waals surface area contributed by atoms with E-state index in [-0.39, 0.29) is 32.0 Å². The summed E-state index contributed by atoms with van der Waals surface area (Å²) in [7, 11) is 1.48. The minimum absolute atomic E-state index is 0.0303. The molecule has 0 amide bonds. The van der Waals surface area contributed by atoms with Crippen LogP contribution in [0.2, 0.25) is 0 Å². The molecule has 0 aromatic heterocycles. The Morgan fingerprint density at radius 3 is 0.851 bits per heavy atom. The fourth-order valence-electron chi connectivity index (χ4n) is 11.1. The second-order valence-electron chi connectivity index (χ2n) is 27.3. The molecule has 0 aliphatic rings. The normalized spacial score (nSPS) is 13.7. The van der Waals surface area contributed by atoms with Gasteiger partial charge in [-0.3, -0.25) is 18.6 Å². The molecule has 0 fully saturated rings. The average molecular weight is 1330 g/mol. The number of likely N-dealkylation sites (N-methyl/N-ethyl adjacent to an activating group) is 1. The molecular formula is C84H149NO8P+. The fourth-order valence-corrected chi connectivity index (χ4v) is 11.8. The molecule has 0 rings (SSSR count). The Morgan fingerprint density at radius 2 is 0.574 bits per heavy atom. The molecule has 2 unspecified atom stereocenters. The first-order valence-electron chi connectivity index (χ1n) is 39.3. The van der Waals surface area contributed by atoms with Gasteiger partial charge in [0.15, 0.2) is 6.10 Å². The van der Waals surface area contributed by atoms with Crippen molar-refractivity contribution < 1.29 is 42.1 Å². The first kappa shape index (κ1) is 90.4. The molecule has 0 radical (unpaired) electrons. The first-order valence-corrected chi connectivity index (χ1v) is 40.8. The zero-order chi connectivity index (χ0) is 68.3. The summed E-state index contributed by atoms with van der Waals surface area (Å²) in [6.07, 6.45) is 106. The molecule has 9 nitrogen and oxygen atoms in total. The Morgan fingerprint density at radius 1 is 0.330 bits per heavy atom. The number of hydrogen-bond donors (Lipinski definition) is 1. The lowest BCUT2D eigenvalue weighted by Gasteiger charge is -2.24. The zero-order valence-electron chi connectivity index (χ0n) is 61.9. The molecule has 0 saturated heterocycles.